The number of hydrogen-bond donors (Lipinski definition) is 0. The van der Waals surface area contributed by atoms with Gasteiger partial charge in [0.15, 0.2) is 11.5 Å². The highest BCUT2D eigenvalue weighted by molar-refractivity contribution is 6.32. The van der Waals surface area contributed by atoms with Crippen molar-refractivity contribution in [3.63, 3.8) is 0 Å². The van der Waals surface area contributed by atoms with Crippen LogP contribution in [-0.2, 0) is 4.79 Å². The van der Waals surface area contributed by atoms with Gasteiger partial charge in [-0.25, -0.2) is 0 Å². The van der Waals surface area contributed by atoms with Crippen molar-refractivity contribution in [2.75, 3.05) is 46.9 Å². The van der Waals surface area contributed by atoms with E-state index < -0.39 is 0 Å². The fraction of sp³-hybridized carbons (Fsp3) is 0.526. The molecule has 0 aromatic heterocycles. The summed E-state index contributed by atoms with van der Waals surface area (Å²) < 4.78 is 10.5. The first kappa shape index (κ1) is 19.6. The topological polar surface area (TPSA) is 42.0 Å². The van der Waals surface area contributed by atoms with Gasteiger partial charge < -0.3 is 14.4 Å². The van der Waals surface area contributed by atoms with E-state index in [1.807, 2.05) is 4.90 Å². The van der Waals surface area contributed by atoms with Crippen molar-refractivity contribution in [2.24, 2.45) is 5.92 Å². The summed E-state index contributed by atoms with van der Waals surface area (Å²) in [6, 6.07) is 3.56. The summed E-state index contributed by atoms with van der Waals surface area (Å²) in [5.74, 6) is 1.71. The van der Waals surface area contributed by atoms with Crippen LogP contribution in [0.1, 0.15) is 19.4 Å². The molecule has 0 radical (unpaired) electrons. The lowest BCUT2D eigenvalue weighted by atomic mass is 10.1. The molecule has 6 heteroatoms. The number of ether oxygens (including phenoxy) is 2. The Morgan fingerprint density at radius 1 is 1.20 bits per heavy atom. The van der Waals surface area contributed by atoms with Crippen molar-refractivity contribution < 1.29 is 14.3 Å². The minimum absolute atomic E-state index is 0.0232. The second-order valence-corrected chi connectivity index (χ2v) is 7.00. The molecule has 138 valence electrons. The average molecular weight is 367 g/mol. The molecule has 1 fully saturated rings. The monoisotopic (exact) mass is 366 g/mol. The fourth-order valence-electron chi connectivity index (χ4n) is 2.97. The quantitative estimate of drug-likeness (QED) is 0.725. The molecule has 0 atom stereocenters. The minimum Gasteiger partial charge on any atom is -0.493 e. The summed E-state index contributed by atoms with van der Waals surface area (Å²) in [7, 11) is 3.10. The Balaban J connectivity index is 1.98. The average Bonchev–Trinajstić information content (AvgIpc) is 2.59. The van der Waals surface area contributed by atoms with Gasteiger partial charge in [0.25, 0.3) is 0 Å². The van der Waals surface area contributed by atoms with E-state index in [1.54, 1.807) is 38.5 Å². The molecule has 1 aromatic carbocycles. The lowest BCUT2D eigenvalue weighted by Crippen LogP contribution is -2.49. The largest absolute Gasteiger partial charge is 0.493 e. The molecule has 1 aromatic rings. The number of halogens is 1. The third-order valence-electron chi connectivity index (χ3n) is 4.18. The van der Waals surface area contributed by atoms with Gasteiger partial charge in [-0.1, -0.05) is 25.4 Å². The highest BCUT2D eigenvalue weighted by Crippen LogP contribution is 2.36. The van der Waals surface area contributed by atoms with Crippen LogP contribution in [0.25, 0.3) is 6.08 Å². The van der Waals surface area contributed by atoms with Crippen molar-refractivity contribution >= 4 is 23.6 Å². The highest BCUT2D eigenvalue weighted by Gasteiger charge is 2.20. The molecule has 0 saturated carbocycles. The predicted octanol–water partition coefficient (Wildman–Crippen LogP) is 3.17. The van der Waals surface area contributed by atoms with E-state index in [1.165, 1.54) is 0 Å². The van der Waals surface area contributed by atoms with Crippen LogP contribution in [0.2, 0.25) is 5.02 Å². The van der Waals surface area contributed by atoms with Crippen LogP contribution in [0.4, 0.5) is 0 Å². The van der Waals surface area contributed by atoms with Crippen LogP contribution < -0.4 is 9.47 Å². The van der Waals surface area contributed by atoms with Crippen LogP contribution in [0.5, 0.6) is 11.5 Å². The minimum atomic E-state index is 0.0232. The van der Waals surface area contributed by atoms with Gasteiger partial charge >= 0.3 is 0 Å². The number of nitrogens with zero attached hydrogens (tertiary/aromatic N) is 2. The molecule has 1 amide bonds. The molecule has 1 aliphatic rings. The molecule has 25 heavy (non-hydrogen) atoms. The van der Waals surface area contributed by atoms with Gasteiger partial charge in [0.05, 0.1) is 19.2 Å². The molecule has 0 aliphatic carbocycles. The van der Waals surface area contributed by atoms with Crippen molar-refractivity contribution in [3.05, 3.63) is 28.8 Å². The van der Waals surface area contributed by atoms with E-state index in [2.05, 4.69) is 18.7 Å². The third-order valence-corrected chi connectivity index (χ3v) is 4.46. The van der Waals surface area contributed by atoms with Crippen molar-refractivity contribution in [2.45, 2.75) is 13.8 Å². The number of rotatable bonds is 6. The summed E-state index contributed by atoms with van der Waals surface area (Å²) in [4.78, 5) is 16.7. The van der Waals surface area contributed by atoms with Gasteiger partial charge in [-0.3, -0.25) is 9.69 Å². The Hall–Kier alpha value is -1.72. The fourth-order valence-corrected chi connectivity index (χ4v) is 3.27. The first-order chi connectivity index (χ1) is 11.9. The van der Waals surface area contributed by atoms with Gasteiger partial charge in [-0.05, 0) is 29.7 Å². The molecule has 1 aliphatic heterocycles. The zero-order valence-electron chi connectivity index (χ0n) is 15.4. The maximum atomic E-state index is 12.4. The van der Waals surface area contributed by atoms with Crippen LogP contribution in [0.15, 0.2) is 18.2 Å². The smallest absolute Gasteiger partial charge is 0.246 e. The van der Waals surface area contributed by atoms with Crippen LogP contribution >= 0.6 is 11.6 Å². The second kappa shape index (κ2) is 9.11. The molecule has 5 nitrogen and oxygen atoms in total. The van der Waals surface area contributed by atoms with Crippen LogP contribution in [0.3, 0.4) is 0 Å². The number of hydrogen-bond acceptors (Lipinski definition) is 4. The Bertz CT molecular complexity index is 623. The molecule has 0 spiro atoms. The molecular formula is C19H27ClN2O3. The van der Waals surface area contributed by atoms with E-state index >= 15 is 0 Å². The third kappa shape index (κ3) is 5.38. The number of benzene rings is 1. The predicted molar refractivity (Wildman–Crippen MR) is 101 cm³/mol. The number of carbonyl (C=O) groups is 1. The van der Waals surface area contributed by atoms with Crippen molar-refractivity contribution in [1.82, 2.24) is 9.80 Å². The van der Waals surface area contributed by atoms with E-state index in [0.29, 0.717) is 22.4 Å². The number of methoxy groups -OCH3 is 2. The standard InChI is InChI=1S/C19H27ClN2O3/c1-14(2)13-21-7-9-22(10-8-21)18(23)6-5-15-11-16(20)19(25-4)17(12-15)24-3/h5-6,11-12,14H,7-10,13H2,1-4H3. The summed E-state index contributed by atoms with van der Waals surface area (Å²) in [5.41, 5.74) is 0.800. The summed E-state index contributed by atoms with van der Waals surface area (Å²) in [6.07, 6.45) is 3.35. The Labute approximate surface area is 155 Å². The number of piperazine rings is 1. The zero-order chi connectivity index (χ0) is 18.4. The first-order valence-corrected chi connectivity index (χ1v) is 8.93. The number of carbonyl (C=O) groups excluding carboxylic acids is 1. The van der Waals surface area contributed by atoms with Gasteiger partial charge in [0.2, 0.25) is 5.91 Å². The van der Waals surface area contributed by atoms with E-state index in [-0.39, 0.29) is 5.91 Å². The first-order valence-electron chi connectivity index (χ1n) is 8.55. The highest BCUT2D eigenvalue weighted by atomic mass is 35.5. The SMILES string of the molecule is COc1cc(C=CC(=O)N2CCN(CC(C)C)CC2)cc(Cl)c1OC. The zero-order valence-corrected chi connectivity index (χ0v) is 16.2. The molecule has 1 saturated heterocycles. The molecule has 0 N–H and O–H groups in total. The Morgan fingerprint density at radius 2 is 1.88 bits per heavy atom. The summed E-state index contributed by atoms with van der Waals surface area (Å²) in [5, 5.41) is 0.455. The second-order valence-electron chi connectivity index (χ2n) is 6.59. The summed E-state index contributed by atoms with van der Waals surface area (Å²) in [6.45, 7) is 8.91. The maximum Gasteiger partial charge on any atom is 0.246 e. The van der Waals surface area contributed by atoms with Crippen LogP contribution in [0, 0.1) is 5.92 Å². The summed E-state index contributed by atoms with van der Waals surface area (Å²) >= 11 is 6.20. The Morgan fingerprint density at radius 3 is 2.44 bits per heavy atom. The normalized spacial score (nSPS) is 15.8. The lowest BCUT2D eigenvalue weighted by Gasteiger charge is -2.35. The Kier molecular flexibility index (Phi) is 7.14. The van der Waals surface area contributed by atoms with Gasteiger partial charge in [-0.2, -0.15) is 0 Å². The lowest BCUT2D eigenvalue weighted by molar-refractivity contribution is -0.127. The molecule has 0 bridgehead atoms. The van der Waals surface area contributed by atoms with E-state index in [0.717, 1.165) is 38.3 Å². The molecular weight excluding hydrogens is 340 g/mol. The maximum absolute atomic E-state index is 12.4. The molecule has 0 unspecified atom stereocenters. The van der Waals surface area contributed by atoms with E-state index in [9.17, 15) is 4.79 Å². The van der Waals surface area contributed by atoms with E-state index in [4.69, 9.17) is 21.1 Å². The van der Waals surface area contributed by atoms with Gasteiger partial charge in [0, 0.05) is 38.8 Å². The van der Waals surface area contributed by atoms with Crippen molar-refractivity contribution in [3.8, 4) is 11.5 Å². The van der Waals surface area contributed by atoms with Crippen molar-refractivity contribution in [1.29, 1.82) is 0 Å². The molecule has 2 rings (SSSR count). The number of amides is 1. The molecule has 1 heterocycles. The van der Waals surface area contributed by atoms with Gasteiger partial charge in [-0.15, -0.1) is 0 Å². The van der Waals surface area contributed by atoms with Crippen LogP contribution in [-0.4, -0.2) is 62.7 Å². The van der Waals surface area contributed by atoms with Gasteiger partial charge in [0.1, 0.15) is 0 Å².